The molecule has 1 aromatic carbocycles. The largest absolute Gasteiger partial charge is 0.496 e. The molecule has 6 heteroatoms. The summed E-state index contributed by atoms with van der Waals surface area (Å²) in [6.07, 6.45) is 2.24. The molecule has 0 saturated heterocycles. The predicted molar refractivity (Wildman–Crippen MR) is 78.1 cm³/mol. The number of fused-ring (bicyclic) bond motifs is 1. The summed E-state index contributed by atoms with van der Waals surface area (Å²) in [7, 11) is 1.62. The minimum absolute atomic E-state index is 0.425. The zero-order chi connectivity index (χ0) is 14.1. The molecule has 0 spiro atoms. The first-order valence-corrected chi connectivity index (χ1v) is 6.66. The lowest BCUT2D eigenvalue weighted by Crippen LogP contribution is -1.98. The van der Waals surface area contributed by atoms with Gasteiger partial charge in [0.05, 0.1) is 23.5 Å². The van der Waals surface area contributed by atoms with Crippen molar-refractivity contribution in [3.05, 3.63) is 46.7 Å². The van der Waals surface area contributed by atoms with Crippen molar-refractivity contribution in [3.8, 4) is 17.0 Å². The van der Waals surface area contributed by atoms with E-state index in [1.54, 1.807) is 7.11 Å². The van der Waals surface area contributed by atoms with E-state index in [9.17, 15) is 4.79 Å². The van der Waals surface area contributed by atoms with E-state index in [-0.39, 0.29) is 0 Å². The average molecular weight is 332 g/mol. The molecule has 3 aromatic rings. The van der Waals surface area contributed by atoms with Gasteiger partial charge in [0, 0.05) is 5.56 Å². The maximum Gasteiger partial charge on any atom is 0.170 e. The first-order chi connectivity index (χ1) is 9.72. The summed E-state index contributed by atoms with van der Waals surface area (Å²) in [5.74, 6) is 0.756. The van der Waals surface area contributed by atoms with Crippen LogP contribution in [0.5, 0.6) is 5.75 Å². The van der Waals surface area contributed by atoms with E-state index in [1.165, 1.54) is 10.7 Å². The third kappa shape index (κ3) is 2.08. The molecule has 0 aliphatic rings. The Balaban J connectivity index is 2.14. The fourth-order valence-electron chi connectivity index (χ4n) is 1.95. The van der Waals surface area contributed by atoms with Crippen LogP contribution < -0.4 is 4.74 Å². The van der Waals surface area contributed by atoms with E-state index in [0.29, 0.717) is 11.3 Å². The monoisotopic (exact) mass is 331 g/mol. The number of carbonyl (C=O) groups is 1. The highest BCUT2D eigenvalue weighted by atomic mass is 79.9. The Morgan fingerprint density at radius 2 is 2.15 bits per heavy atom. The Kier molecular flexibility index (Phi) is 3.23. The zero-order valence-corrected chi connectivity index (χ0v) is 12.2. The molecule has 2 heterocycles. The van der Waals surface area contributed by atoms with Gasteiger partial charge in [0.15, 0.2) is 11.9 Å². The molecule has 5 nitrogen and oxygen atoms in total. The first kappa shape index (κ1) is 12.8. The van der Waals surface area contributed by atoms with Crippen LogP contribution in [0.25, 0.3) is 16.9 Å². The summed E-state index contributed by atoms with van der Waals surface area (Å²) >= 11 is 3.45. The quantitative estimate of drug-likeness (QED) is 0.692. The Hall–Kier alpha value is -2.21. The maximum atomic E-state index is 10.9. The van der Waals surface area contributed by atoms with E-state index < -0.39 is 0 Å². The van der Waals surface area contributed by atoms with Crippen LogP contribution in [0.4, 0.5) is 0 Å². The van der Waals surface area contributed by atoms with Crippen molar-refractivity contribution >= 4 is 27.9 Å². The van der Waals surface area contributed by atoms with Gasteiger partial charge in [-0.2, -0.15) is 5.10 Å². The molecule has 0 unspecified atom stereocenters. The second kappa shape index (κ2) is 5.05. The molecule has 0 fully saturated rings. The molecule has 0 atom stereocenters. The number of aldehydes is 1. The summed E-state index contributed by atoms with van der Waals surface area (Å²) in [5, 5.41) is 4.43. The number of carbonyl (C=O) groups excluding carboxylic acids is 1. The lowest BCUT2D eigenvalue weighted by atomic mass is 10.1. The molecule has 3 rings (SSSR count). The number of rotatable bonds is 3. The summed E-state index contributed by atoms with van der Waals surface area (Å²) in [6, 6.07) is 9.39. The average Bonchev–Trinajstić information content (AvgIpc) is 2.89. The van der Waals surface area contributed by atoms with Gasteiger partial charge in [0.25, 0.3) is 0 Å². The Labute approximate surface area is 123 Å². The normalized spacial score (nSPS) is 10.7. The number of hydrogen-bond donors (Lipinski definition) is 0. The Morgan fingerprint density at radius 3 is 2.85 bits per heavy atom. The van der Waals surface area contributed by atoms with Gasteiger partial charge in [-0.05, 0) is 46.3 Å². The number of halogens is 1. The van der Waals surface area contributed by atoms with Gasteiger partial charge in [-0.25, -0.2) is 9.50 Å². The summed E-state index contributed by atoms with van der Waals surface area (Å²) in [6.45, 7) is 0. The van der Waals surface area contributed by atoms with Gasteiger partial charge in [0.1, 0.15) is 11.4 Å². The van der Waals surface area contributed by atoms with Crippen molar-refractivity contribution in [1.82, 2.24) is 14.6 Å². The van der Waals surface area contributed by atoms with Crippen molar-refractivity contribution in [1.29, 1.82) is 0 Å². The molecule has 100 valence electrons. The van der Waals surface area contributed by atoms with Gasteiger partial charge in [-0.1, -0.05) is 0 Å². The highest BCUT2D eigenvalue weighted by Gasteiger charge is 2.08. The molecule has 0 aliphatic carbocycles. The molecular weight excluding hydrogens is 322 g/mol. The van der Waals surface area contributed by atoms with Crippen molar-refractivity contribution in [2.75, 3.05) is 7.11 Å². The maximum absolute atomic E-state index is 10.9. The highest BCUT2D eigenvalue weighted by Crippen LogP contribution is 2.29. The number of hydrogen-bond acceptors (Lipinski definition) is 4. The molecule has 0 radical (unpaired) electrons. The molecule has 0 bridgehead atoms. The zero-order valence-electron chi connectivity index (χ0n) is 10.6. The topological polar surface area (TPSA) is 56.5 Å². The van der Waals surface area contributed by atoms with E-state index >= 15 is 0 Å². The highest BCUT2D eigenvalue weighted by molar-refractivity contribution is 9.10. The van der Waals surface area contributed by atoms with Gasteiger partial charge in [-0.15, -0.1) is 0 Å². The smallest absolute Gasteiger partial charge is 0.170 e. The van der Waals surface area contributed by atoms with Gasteiger partial charge >= 0.3 is 0 Å². The van der Waals surface area contributed by atoms with E-state index in [1.807, 2.05) is 30.3 Å². The van der Waals surface area contributed by atoms with Crippen molar-refractivity contribution in [2.45, 2.75) is 0 Å². The van der Waals surface area contributed by atoms with Crippen LogP contribution in [-0.4, -0.2) is 28.0 Å². The molecule has 0 N–H and O–H groups in total. The van der Waals surface area contributed by atoms with Crippen LogP contribution >= 0.6 is 15.9 Å². The van der Waals surface area contributed by atoms with Crippen molar-refractivity contribution in [3.63, 3.8) is 0 Å². The summed E-state index contributed by atoms with van der Waals surface area (Å²) in [5.41, 5.74) is 2.74. The molecule has 20 heavy (non-hydrogen) atoms. The van der Waals surface area contributed by atoms with Crippen LogP contribution in [0.15, 0.2) is 41.0 Å². The van der Waals surface area contributed by atoms with Crippen LogP contribution in [0.3, 0.4) is 0 Å². The third-order valence-corrected chi connectivity index (χ3v) is 3.58. The number of nitrogens with zero attached hydrogens (tertiary/aromatic N) is 3. The van der Waals surface area contributed by atoms with Crippen molar-refractivity contribution in [2.24, 2.45) is 0 Å². The molecule has 2 aromatic heterocycles. The van der Waals surface area contributed by atoms with Crippen molar-refractivity contribution < 1.29 is 9.53 Å². The number of aromatic nitrogens is 3. The van der Waals surface area contributed by atoms with Gasteiger partial charge in [0.2, 0.25) is 0 Å². The number of methoxy groups -OCH3 is 1. The molecule has 0 saturated carbocycles. The first-order valence-electron chi connectivity index (χ1n) is 5.87. The van der Waals surface area contributed by atoms with Crippen LogP contribution in [0, 0.1) is 0 Å². The third-order valence-electron chi connectivity index (χ3n) is 2.96. The van der Waals surface area contributed by atoms with Crippen LogP contribution in [0.1, 0.15) is 10.5 Å². The molecule has 0 amide bonds. The second-order valence-corrected chi connectivity index (χ2v) is 4.99. The SMILES string of the molecule is COc1ccc(-c2ccc3ncc(C=O)n3n2)cc1Br. The Bertz CT molecular complexity index is 798. The fraction of sp³-hybridized carbons (Fsp3) is 0.0714. The van der Waals surface area contributed by atoms with E-state index in [4.69, 9.17) is 4.74 Å². The standard InChI is InChI=1S/C14H10BrN3O2/c1-20-13-4-2-9(6-11(13)15)12-3-5-14-16-7-10(8-19)18(14)17-12/h2-8H,1H3. The number of imidazole rings is 1. The number of ether oxygens (including phenoxy) is 1. The van der Waals surface area contributed by atoms with Gasteiger partial charge < -0.3 is 4.74 Å². The van der Waals surface area contributed by atoms with Crippen LogP contribution in [-0.2, 0) is 0 Å². The lowest BCUT2D eigenvalue weighted by Gasteiger charge is -2.06. The summed E-state index contributed by atoms with van der Waals surface area (Å²) in [4.78, 5) is 15.1. The Morgan fingerprint density at radius 1 is 1.30 bits per heavy atom. The number of benzene rings is 1. The minimum atomic E-state index is 0.425. The summed E-state index contributed by atoms with van der Waals surface area (Å²) < 4.78 is 7.58. The minimum Gasteiger partial charge on any atom is -0.496 e. The fourth-order valence-corrected chi connectivity index (χ4v) is 2.49. The molecule has 0 aliphatic heterocycles. The van der Waals surface area contributed by atoms with E-state index in [0.717, 1.165) is 27.8 Å². The van der Waals surface area contributed by atoms with E-state index in [2.05, 4.69) is 26.0 Å². The lowest BCUT2D eigenvalue weighted by molar-refractivity contribution is 0.111. The van der Waals surface area contributed by atoms with Crippen LogP contribution in [0.2, 0.25) is 0 Å². The molecular formula is C14H10BrN3O2. The van der Waals surface area contributed by atoms with Gasteiger partial charge in [-0.3, -0.25) is 4.79 Å². The second-order valence-electron chi connectivity index (χ2n) is 4.14. The predicted octanol–water partition coefficient (Wildman–Crippen LogP) is 2.98.